The largest absolute Gasteiger partial charge is 0.271 e. The summed E-state index contributed by atoms with van der Waals surface area (Å²) in [6, 6.07) is 23.1. The van der Waals surface area contributed by atoms with Crippen molar-refractivity contribution in [2.45, 2.75) is 0 Å². The van der Waals surface area contributed by atoms with E-state index in [0.29, 0.717) is 11.3 Å². The number of amides is 1. The topological polar surface area (TPSA) is 54.4 Å². The first kappa shape index (κ1) is 18.0. The van der Waals surface area contributed by atoms with Crippen LogP contribution in [0.1, 0.15) is 21.5 Å². The van der Waals surface area contributed by atoms with Crippen LogP contribution in [0.2, 0.25) is 0 Å². The van der Waals surface area contributed by atoms with Crippen LogP contribution in [-0.2, 0) is 0 Å². The highest BCUT2D eigenvalue weighted by Crippen LogP contribution is 2.05. The molecule has 1 amide bonds. The molecule has 1 heterocycles. The number of carbonyl (C=O) groups excluding carboxylic acids is 1. The van der Waals surface area contributed by atoms with Crippen molar-refractivity contribution < 1.29 is 4.79 Å². The van der Waals surface area contributed by atoms with Crippen LogP contribution in [-0.4, -0.2) is 16.6 Å². The van der Waals surface area contributed by atoms with E-state index in [4.69, 9.17) is 0 Å². The van der Waals surface area contributed by atoms with Gasteiger partial charge in [0.25, 0.3) is 5.91 Å². The van der Waals surface area contributed by atoms with Crippen LogP contribution in [0, 0.1) is 0 Å². The third-order valence-corrected chi connectivity index (χ3v) is 3.72. The van der Waals surface area contributed by atoms with Gasteiger partial charge < -0.3 is 0 Å². The van der Waals surface area contributed by atoms with Crippen molar-refractivity contribution in [1.29, 1.82) is 0 Å². The Hall–Kier alpha value is -3.79. The predicted molar refractivity (Wildman–Crippen MR) is 110 cm³/mol. The molecule has 0 fully saturated rings. The van der Waals surface area contributed by atoms with Crippen LogP contribution in [0.25, 0.3) is 12.2 Å². The first-order chi connectivity index (χ1) is 13.3. The van der Waals surface area contributed by atoms with E-state index in [0.717, 1.165) is 11.1 Å². The van der Waals surface area contributed by atoms with E-state index >= 15 is 0 Å². The summed E-state index contributed by atoms with van der Waals surface area (Å²) >= 11 is 0. The number of rotatable bonds is 6. The van der Waals surface area contributed by atoms with E-state index < -0.39 is 0 Å². The molecule has 0 aliphatic heterocycles. The number of aromatic nitrogens is 1. The van der Waals surface area contributed by atoms with Gasteiger partial charge in [-0.1, -0.05) is 72.8 Å². The van der Waals surface area contributed by atoms with Crippen molar-refractivity contribution in [2.75, 3.05) is 0 Å². The zero-order chi connectivity index (χ0) is 18.7. The highest BCUT2D eigenvalue weighted by Gasteiger charge is 2.02. The lowest BCUT2D eigenvalue weighted by atomic mass is 10.1. The molecule has 0 aliphatic carbocycles. The number of hydrazone groups is 1. The fraction of sp³-hybridized carbons (Fsp3) is 0. The second kappa shape index (κ2) is 9.63. The number of pyridine rings is 1. The van der Waals surface area contributed by atoms with Crippen molar-refractivity contribution in [1.82, 2.24) is 10.4 Å². The van der Waals surface area contributed by atoms with Crippen LogP contribution >= 0.6 is 0 Å². The van der Waals surface area contributed by atoms with Gasteiger partial charge in [-0.05, 0) is 35.4 Å². The quantitative estimate of drug-likeness (QED) is 0.520. The minimum Gasteiger partial charge on any atom is -0.267 e. The van der Waals surface area contributed by atoms with Crippen LogP contribution < -0.4 is 5.43 Å². The molecule has 0 unspecified atom stereocenters. The van der Waals surface area contributed by atoms with E-state index in [1.54, 1.807) is 24.5 Å². The number of allylic oxidation sites excluding steroid dienone is 2. The Labute approximate surface area is 158 Å². The minimum atomic E-state index is -0.281. The molecule has 3 aromatic rings. The van der Waals surface area contributed by atoms with E-state index in [9.17, 15) is 4.79 Å². The summed E-state index contributed by atoms with van der Waals surface area (Å²) in [5, 5.41) is 4.25. The van der Waals surface area contributed by atoms with Gasteiger partial charge in [0.2, 0.25) is 0 Å². The van der Waals surface area contributed by atoms with Crippen molar-refractivity contribution >= 4 is 23.8 Å². The lowest BCUT2D eigenvalue weighted by molar-refractivity contribution is 0.0955. The molecule has 27 heavy (non-hydrogen) atoms. The van der Waals surface area contributed by atoms with Gasteiger partial charge in [-0.3, -0.25) is 9.78 Å². The van der Waals surface area contributed by atoms with Gasteiger partial charge in [0, 0.05) is 18.0 Å². The molecule has 4 nitrogen and oxygen atoms in total. The normalized spacial score (nSPS) is 10.8. The highest BCUT2D eigenvalue weighted by molar-refractivity contribution is 6.09. The lowest BCUT2D eigenvalue weighted by Gasteiger charge is -2.01. The van der Waals surface area contributed by atoms with Crippen molar-refractivity contribution in [3.63, 3.8) is 0 Å². The third kappa shape index (κ3) is 5.90. The van der Waals surface area contributed by atoms with E-state index in [-0.39, 0.29) is 5.91 Å². The maximum Gasteiger partial charge on any atom is 0.271 e. The Morgan fingerprint density at radius 1 is 0.778 bits per heavy atom. The summed E-state index contributed by atoms with van der Waals surface area (Å²) in [5.41, 5.74) is 5.84. The minimum absolute atomic E-state index is 0.281. The maximum absolute atomic E-state index is 12.2. The zero-order valence-electron chi connectivity index (χ0n) is 14.7. The monoisotopic (exact) mass is 353 g/mol. The predicted octanol–water partition coefficient (Wildman–Crippen LogP) is 4.59. The Balaban J connectivity index is 1.79. The highest BCUT2D eigenvalue weighted by atomic mass is 16.2. The zero-order valence-corrected chi connectivity index (χ0v) is 14.7. The summed E-state index contributed by atoms with van der Waals surface area (Å²) in [6.07, 6.45) is 10.8. The van der Waals surface area contributed by atoms with Gasteiger partial charge in [-0.15, -0.1) is 0 Å². The average molecular weight is 353 g/mol. The summed E-state index contributed by atoms with van der Waals surface area (Å²) in [7, 11) is 0. The van der Waals surface area contributed by atoms with Crippen molar-refractivity contribution in [2.24, 2.45) is 5.10 Å². The summed E-state index contributed by atoms with van der Waals surface area (Å²) in [5.74, 6) is -0.281. The molecular formula is C23H19N3O. The molecule has 4 heteroatoms. The number of nitrogens with zero attached hydrogens (tertiary/aromatic N) is 2. The first-order valence-corrected chi connectivity index (χ1v) is 8.55. The van der Waals surface area contributed by atoms with Gasteiger partial charge in [-0.25, -0.2) is 5.43 Å². The van der Waals surface area contributed by atoms with Crippen molar-refractivity contribution in [3.05, 3.63) is 114 Å². The van der Waals surface area contributed by atoms with Gasteiger partial charge in [0.15, 0.2) is 0 Å². The molecular weight excluding hydrogens is 334 g/mol. The number of carbonyl (C=O) groups is 1. The molecule has 0 radical (unpaired) electrons. The number of hydrogen-bond acceptors (Lipinski definition) is 3. The molecule has 0 saturated heterocycles. The molecule has 0 atom stereocenters. The lowest BCUT2D eigenvalue weighted by Crippen LogP contribution is -2.18. The molecule has 2 aromatic carbocycles. The summed E-state index contributed by atoms with van der Waals surface area (Å²) in [4.78, 5) is 16.1. The Morgan fingerprint density at radius 3 is 1.81 bits per heavy atom. The van der Waals surface area contributed by atoms with Gasteiger partial charge >= 0.3 is 0 Å². The first-order valence-electron chi connectivity index (χ1n) is 8.55. The van der Waals surface area contributed by atoms with Crippen LogP contribution in [0.4, 0.5) is 0 Å². The Bertz CT molecular complexity index is 895. The molecule has 0 spiro atoms. The number of hydrogen-bond donors (Lipinski definition) is 1. The fourth-order valence-corrected chi connectivity index (χ4v) is 2.30. The molecule has 0 aliphatic rings. The summed E-state index contributed by atoms with van der Waals surface area (Å²) in [6.45, 7) is 0. The van der Waals surface area contributed by atoms with Gasteiger partial charge in [0.1, 0.15) is 0 Å². The smallest absolute Gasteiger partial charge is 0.267 e. The second-order valence-electron chi connectivity index (χ2n) is 5.70. The van der Waals surface area contributed by atoms with Crippen LogP contribution in [0.3, 0.4) is 0 Å². The molecule has 3 rings (SSSR count). The summed E-state index contributed by atoms with van der Waals surface area (Å²) < 4.78 is 0. The maximum atomic E-state index is 12.2. The third-order valence-electron chi connectivity index (χ3n) is 3.72. The standard InChI is InChI=1S/C23H19N3O/c27-23(21-15-17-24-18-16-21)26-25-22(13-11-19-7-3-1-4-8-19)14-12-20-9-5-2-6-10-20/h1-18H,(H,26,27). The van der Waals surface area contributed by atoms with Gasteiger partial charge in [-0.2, -0.15) is 5.10 Å². The average Bonchev–Trinajstić information content (AvgIpc) is 2.75. The van der Waals surface area contributed by atoms with E-state index in [1.807, 2.05) is 85.0 Å². The Kier molecular flexibility index (Phi) is 6.43. The van der Waals surface area contributed by atoms with Crippen LogP contribution in [0.5, 0.6) is 0 Å². The van der Waals surface area contributed by atoms with Gasteiger partial charge in [0.05, 0.1) is 5.71 Å². The number of benzene rings is 2. The second-order valence-corrected chi connectivity index (χ2v) is 5.70. The molecule has 0 bridgehead atoms. The SMILES string of the molecule is O=C(NN=C(C=Cc1ccccc1)C=Cc1ccccc1)c1ccncc1. The van der Waals surface area contributed by atoms with E-state index in [1.165, 1.54) is 0 Å². The Morgan fingerprint density at radius 2 is 1.30 bits per heavy atom. The fourth-order valence-electron chi connectivity index (χ4n) is 2.30. The number of nitrogens with one attached hydrogen (secondary N) is 1. The molecule has 0 saturated carbocycles. The van der Waals surface area contributed by atoms with E-state index in [2.05, 4.69) is 15.5 Å². The van der Waals surface area contributed by atoms with Crippen LogP contribution in [0.15, 0.2) is 102 Å². The molecule has 1 N–H and O–H groups in total. The molecule has 132 valence electrons. The molecule has 1 aromatic heterocycles. The van der Waals surface area contributed by atoms with Crippen molar-refractivity contribution in [3.8, 4) is 0 Å².